The molecule has 74 valence electrons. The molecule has 2 aromatic rings. The zero-order chi connectivity index (χ0) is 10.3. The van der Waals surface area contributed by atoms with Crippen LogP contribution in [0.5, 0.6) is 0 Å². The lowest BCUT2D eigenvalue weighted by atomic mass is 10.2. The third-order valence-corrected chi connectivity index (χ3v) is 2.27. The van der Waals surface area contributed by atoms with E-state index in [1.807, 2.05) is 14.0 Å². The van der Waals surface area contributed by atoms with E-state index in [4.69, 9.17) is 5.73 Å². The van der Waals surface area contributed by atoms with E-state index in [2.05, 4.69) is 15.2 Å². The van der Waals surface area contributed by atoms with Crippen LogP contribution in [0.1, 0.15) is 5.69 Å². The number of anilines is 1. The number of aryl methyl sites for hydroxylation is 2. The normalized spacial score (nSPS) is 10.8. The van der Waals surface area contributed by atoms with E-state index in [-0.39, 0.29) is 0 Å². The van der Waals surface area contributed by atoms with Crippen molar-refractivity contribution in [3.05, 3.63) is 11.9 Å². The third kappa shape index (κ3) is 1.15. The molecule has 2 N–H and O–H groups in total. The summed E-state index contributed by atoms with van der Waals surface area (Å²) in [5.74, 6) is 1.03. The number of nitrogens with two attached hydrogens (primary N) is 1. The van der Waals surface area contributed by atoms with Gasteiger partial charge in [-0.15, -0.1) is 5.10 Å². The first-order valence-corrected chi connectivity index (χ1v) is 4.25. The highest BCUT2D eigenvalue weighted by atomic mass is 15.4. The second-order valence-electron chi connectivity index (χ2n) is 3.18. The quantitative estimate of drug-likeness (QED) is 0.695. The molecule has 0 aliphatic rings. The molecule has 0 aliphatic heterocycles. The van der Waals surface area contributed by atoms with Crippen molar-refractivity contribution in [1.82, 2.24) is 24.5 Å². The Labute approximate surface area is 81.4 Å². The first-order valence-electron chi connectivity index (χ1n) is 4.25. The van der Waals surface area contributed by atoms with Crippen molar-refractivity contribution in [2.24, 2.45) is 14.1 Å². The Balaban J connectivity index is 2.54. The van der Waals surface area contributed by atoms with Crippen LogP contribution < -0.4 is 5.73 Å². The van der Waals surface area contributed by atoms with Gasteiger partial charge in [-0.05, 0) is 6.92 Å². The molecule has 6 nitrogen and oxygen atoms in total. The Bertz CT molecular complexity index is 447. The molecule has 0 fully saturated rings. The summed E-state index contributed by atoms with van der Waals surface area (Å²) in [7, 11) is 3.64. The van der Waals surface area contributed by atoms with Crippen molar-refractivity contribution >= 4 is 5.95 Å². The average molecular weight is 192 g/mol. The second kappa shape index (κ2) is 2.83. The number of rotatable bonds is 1. The van der Waals surface area contributed by atoms with Crippen molar-refractivity contribution in [3.8, 4) is 11.4 Å². The Kier molecular flexibility index (Phi) is 1.77. The van der Waals surface area contributed by atoms with Crippen LogP contribution in [0.25, 0.3) is 11.4 Å². The summed E-state index contributed by atoms with van der Waals surface area (Å²) in [5.41, 5.74) is 7.54. The first kappa shape index (κ1) is 8.74. The van der Waals surface area contributed by atoms with Gasteiger partial charge in [0, 0.05) is 19.8 Å². The summed E-state index contributed by atoms with van der Waals surface area (Å²) in [5, 5.41) is 8.30. The lowest BCUT2D eigenvalue weighted by Crippen LogP contribution is -1.97. The molecule has 0 saturated heterocycles. The summed E-state index contributed by atoms with van der Waals surface area (Å²) in [6, 6.07) is 0. The molecule has 0 unspecified atom stereocenters. The highest BCUT2D eigenvalue weighted by Crippen LogP contribution is 2.19. The predicted octanol–water partition coefficient (Wildman–Crippen LogP) is 0.106. The van der Waals surface area contributed by atoms with Crippen LogP contribution in [-0.2, 0) is 14.1 Å². The molecule has 0 bridgehead atoms. The van der Waals surface area contributed by atoms with Gasteiger partial charge in [0.1, 0.15) is 0 Å². The number of nitrogen functional groups attached to an aromatic ring is 1. The van der Waals surface area contributed by atoms with Crippen molar-refractivity contribution in [2.75, 3.05) is 5.73 Å². The van der Waals surface area contributed by atoms with Gasteiger partial charge in [0.15, 0.2) is 5.82 Å². The molecule has 14 heavy (non-hydrogen) atoms. The summed E-state index contributed by atoms with van der Waals surface area (Å²) in [4.78, 5) is 4.13. The molecule has 2 aromatic heterocycles. The van der Waals surface area contributed by atoms with E-state index in [0.29, 0.717) is 11.8 Å². The zero-order valence-corrected chi connectivity index (χ0v) is 8.39. The first-order chi connectivity index (χ1) is 6.59. The van der Waals surface area contributed by atoms with Crippen LogP contribution in [0.2, 0.25) is 0 Å². The number of nitrogens with zero attached hydrogens (tertiary/aromatic N) is 5. The highest BCUT2D eigenvalue weighted by Gasteiger charge is 2.12. The van der Waals surface area contributed by atoms with Crippen LogP contribution in [0.15, 0.2) is 6.20 Å². The topological polar surface area (TPSA) is 74.6 Å². The molecule has 0 amide bonds. The van der Waals surface area contributed by atoms with E-state index in [9.17, 15) is 0 Å². The number of hydrogen-bond acceptors (Lipinski definition) is 4. The van der Waals surface area contributed by atoms with Crippen molar-refractivity contribution in [1.29, 1.82) is 0 Å². The van der Waals surface area contributed by atoms with E-state index >= 15 is 0 Å². The maximum atomic E-state index is 5.60. The maximum Gasteiger partial charge on any atom is 0.218 e. The summed E-state index contributed by atoms with van der Waals surface area (Å²) in [6.45, 7) is 1.97. The van der Waals surface area contributed by atoms with Crippen LogP contribution >= 0.6 is 0 Å². The standard InChI is InChI=1S/C8H12N6/c1-5-6(4-10-13(5)2)7-11-8(9)14(3)12-7/h4H,1-3H3,(H2,9,11,12). The van der Waals surface area contributed by atoms with Crippen LogP contribution in [0.4, 0.5) is 5.95 Å². The van der Waals surface area contributed by atoms with E-state index in [0.717, 1.165) is 11.3 Å². The zero-order valence-electron chi connectivity index (χ0n) is 8.39. The van der Waals surface area contributed by atoms with Gasteiger partial charge < -0.3 is 5.73 Å². The lowest BCUT2D eigenvalue weighted by molar-refractivity contribution is 0.740. The van der Waals surface area contributed by atoms with Crippen LogP contribution in [0.3, 0.4) is 0 Å². The fourth-order valence-corrected chi connectivity index (χ4v) is 1.23. The molecular formula is C8H12N6. The molecule has 0 radical (unpaired) electrons. The van der Waals surface area contributed by atoms with Crippen LogP contribution in [-0.4, -0.2) is 24.5 Å². The van der Waals surface area contributed by atoms with Crippen molar-refractivity contribution in [3.63, 3.8) is 0 Å². The van der Waals surface area contributed by atoms with Gasteiger partial charge in [-0.3, -0.25) is 4.68 Å². The van der Waals surface area contributed by atoms with Gasteiger partial charge in [0.05, 0.1) is 11.8 Å². The number of aromatic nitrogens is 5. The molecule has 0 atom stereocenters. The summed E-state index contributed by atoms with van der Waals surface area (Å²) in [6.07, 6.45) is 1.74. The molecule has 0 spiro atoms. The van der Waals surface area contributed by atoms with E-state index in [1.165, 1.54) is 0 Å². The van der Waals surface area contributed by atoms with Gasteiger partial charge in [0.25, 0.3) is 0 Å². The predicted molar refractivity (Wildman–Crippen MR) is 52.4 cm³/mol. The van der Waals surface area contributed by atoms with Crippen molar-refractivity contribution in [2.45, 2.75) is 6.92 Å². The molecule has 0 aliphatic carbocycles. The molecule has 0 saturated carbocycles. The molecule has 0 aromatic carbocycles. The van der Waals surface area contributed by atoms with Gasteiger partial charge >= 0.3 is 0 Å². The monoisotopic (exact) mass is 192 g/mol. The fraction of sp³-hybridized carbons (Fsp3) is 0.375. The fourth-order valence-electron chi connectivity index (χ4n) is 1.23. The van der Waals surface area contributed by atoms with Gasteiger partial charge in [-0.1, -0.05) is 0 Å². The summed E-state index contributed by atoms with van der Waals surface area (Å²) >= 11 is 0. The van der Waals surface area contributed by atoms with Crippen LogP contribution in [0, 0.1) is 6.92 Å². The average Bonchev–Trinajstić information content (AvgIpc) is 2.61. The Morgan fingerprint density at radius 2 is 2.00 bits per heavy atom. The second-order valence-corrected chi connectivity index (χ2v) is 3.18. The van der Waals surface area contributed by atoms with Gasteiger partial charge in [-0.2, -0.15) is 10.1 Å². The highest BCUT2D eigenvalue weighted by molar-refractivity contribution is 5.57. The molecular weight excluding hydrogens is 180 g/mol. The third-order valence-electron chi connectivity index (χ3n) is 2.27. The van der Waals surface area contributed by atoms with E-state index in [1.54, 1.807) is 22.6 Å². The minimum Gasteiger partial charge on any atom is -0.368 e. The Morgan fingerprint density at radius 3 is 2.43 bits per heavy atom. The summed E-state index contributed by atoms with van der Waals surface area (Å²) < 4.78 is 3.32. The van der Waals surface area contributed by atoms with Crippen molar-refractivity contribution < 1.29 is 0 Å². The molecule has 2 heterocycles. The minimum absolute atomic E-state index is 0.406. The van der Waals surface area contributed by atoms with E-state index < -0.39 is 0 Å². The van der Waals surface area contributed by atoms with Gasteiger partial charge in [0.2, 0.25) is 5.95 Å². The Hall–Kier alpha value is -1.85. The smallest absolute Gasteiger partial charge is 0.218 e. The Morgan fingerprint density at radius 1 is 1.29 bits per heavy atom. The molecule has 6 heteroatoms. The lowest BCUT2D eigenvalue weighted by Gasteiger charge is -1.94. The van der Waals surface area contributed by atoms with Gasteiger partial charge in [-0.25, -0.2) is 4.68 Å². The molecule has 2 rings (SSSR count). The maximum absolute atomic E-state index is 5.60. The number of hydrogen-bond donors (Lipinski definition) is 1. The largest absolute Gasteiger partial charge is 0.368 e. The minimum atomic E-state index is 0.406. The SMILES string of the molecule is Cc1c(-c2nc(N)n(C)n2)cnn1C.